The maximum Gasteiger partial charge on any atom is 0.161 e. The van der Waals surface area contributed by atoms with Gasteiger partial charge in [-0.2, -0.15) is 11.8 Å². The van der Waals surface area contributed by atoms with Crippen LogP contribution in [0.5, 0.6) is 11.5 Å². The summed E-state index contributed by atoms with van der Waals surface area (Å²) in [4.78, 5) is 0. The van der Waals surface area contributed by atoms with Gasteiger partial charge in [0.2, 0.25) is 0 Å². The standard InChI is InChI=1S/C18H27NO2S/c1-20-16-6-5-14(18(13-19)8-3-2-4-9-18)11-17(16)21-15-7-10-22-12-15/h5-6,11,15H,2-4,7-10,12-13,19H2,1H3. The molecule has 0 radical (unpaired) electrons. The number of rotatable bonds is 5. The Labute approximate surface area is 137 Å². The third kappa shape index (κ3) is 3.23. The van der Waals surface area contributed by atoms with Crippen molar-refractivity contribution in [2.75, 3.05) is 25.2 Å². The number of hydrogen-bond acceptors (Lipinski definition) is 4. The summed E-state index contributed by atoms with van der Waals surface area (Å²) in [7, 11) is 1.71. The largest absolute Gasteiger partial charge is 0.493 e. The minimum Gasteiger partial charge on any atom is -0.493 e. The molecule has 0 spiro atoms. The van der Waals surface area contributed by atoms with E-state index in [2.05, 4.69) is 18.2 Å². The van der Waals surface area contributed by atoms with Gasteiger partial charge >= 0.3 is 0 Å². The van der Waals surface area contributed by atoms with E-state index in [-0.39, 0.29) is 5.41 Å². The summed E-state index contributed by atoms with van der Waals surface area (Å²) in [6, 6.07) is 6.44. The lowest BCUT2D eigenvalue weighted by Gasteiger charge is -2.37. The Bertz CT molecular complexity index is 494. The summed E-state index contributed by atoms with van der Waals surface area (Å²) in [5.74, 6) is 4.00. The molecule has 2 fully saturated rings. The molecular weight excluding hydrogens is 294 g/mol. The molecule has 0 aromatic heterocycles. The third-order valence-electron chi connectivity index (χ3n) is 5.16. The van der Waals surface area contributed by atoms with E-state index < -0.39 is 0 Å². The first-order valence-corrected chi connectivity index (χ1v) is 9.56. The predicted octanol–water partition coefficient (Wildman–Crippen LogP) is 3.74. The summed E-state index contributed by atoms with van der Waals surface area (Å²) in [6.45, 7) is 0.720. The number of nitrogens with two attached hydrogens (primary N) is 1. The molecule has 2 aliphatic rings. The molecule has 3 rings (SSSR count). The van der Waals surface area contributed by atoms with Gasteiger partial charge in [-0.3, -0.25) is 0 Å². The lowest BCUT2D eigenvalue weighted by atomic mass is 9.69. The second-order valence-corrected chi connectivity index (χ2v) is 7.66. The molecule has 1 heterocycles. The van der Waals surface area contributed by atoms with Gasteiger partial charge in [-0.15, -0.1) is 0 Å². The topological polar surface area (TPSA) is 44.5 Å². The fraction of sp³-hybridized carbons (Fsp3) is 0.667. The summed E-state index contributed by atoms with van der Waals surface area (Å²) in [6.07, 6.45) is 7.70. The average molecular weight is 321 g/mol. The molecule has 1 saturated heterocycles. The minimum absolute atomic E-state index is 0.132. The highest BCUT2D eigenvalue weighted by atomic mass is 32.2. The van der Waals surface area contributed by atoms with Crippen LogP contribution in [0.3, 0.4) is 0 Å². The van der Waals surface area contributed by atoms with Gasteiger partial charge in [-0.05, 0) is 42.7 Å². The minimum atomic E-state index is 0.132. The van der Waals surface area contributed by atoms with E-state index in [4.69, 9.17) is 15.2 Å². The van der Waals surface area contributed by atoms with Crippen molar-refractivity contribution < 1.29 is 9.47 Å². The molecule has 1 atom stereocenters. The molecule has 1 aromatic carbocycles. The van der Waals surface area contributed by atoms with E-state index in [0.717, 1.165) is 30.2 Å². The number of methoxy groups -OCH3 is 1. The van der Waals surface area contributed by atoms with Crippen LogP contribution in [0.4, 0.5) is 0 Å². The summed E-state index contributed by atoms with van der Waals surface area (Å²) < 4.78 is 11.7. The first-order valence-electron chi connectivity index (χ1n) is 8.40. The van der Waals surface area contributed by atoms with Crippen molar-refractivity contribution in [3.8, 4) is 11.5 Å². The third-order valence-corrected chi connectivity index (χ3v) is 6.29. The van der Waals surface area contributed by atoms with Gasteiger partial charge in [0.25, 0.3) is 0 Å². The van der Waals surface area contributed by atoms with Crippen LogP contribution in [0.2, 0.25) is 0 Å². The van der Waals surface area contributed by atoms with E-state index in [1.54, 1.807) is 7.11 Å². The fourth-order valence-electron chi connectivity index (χ4n) is 3.72. The smallest absolute Gasteiger partial charge is 0.161 e. The Kier molecular flexibility index (Phi) is 5.19. The maximum atomic E-state index is 6.23. The van der Waals surface area contributed by atoms with Crippen molar-refractivity contribution in [2.24, 2.45) is 5.73 Å². The molecule has 122 valence electrons. The molecule has 1 aliphatic heterocycles. The van der Waals surface area contributed by atoms with E-state index in [0.29, 0.717) is 6.10 Å². The summed E-state index contributed by atoms with van der Waals surface area (Å²) >= 11 is 1.97. The molecule has 1 aromatic rings. The Morgan fingerprint density at radius 3 is 2.68 bits per heavy atom. The van der Waals surface area contributed by atoms with E-state index >= 15 is 0 Å². The SMILES string of the molecule is COc1ccc(C2(CN)CCCCC2)cc1OC1CCSC1. The van der Waals surface area contributed by atoms with E-state index in [1.807, 2.05) is 11.8 Å². The Morgan fingerprint density at radius 2 is 2.05 bits per heavy atom. The highest BCUT2D eigenvalue weighted by Crippen LogP contribution is 2.42. The van der Waals surface area contributed by atoms with E-state index in [9.17, 15) is 0 Å². The van der Waals surface area contributed by atoms with Gasteiger partial charge in [0, 0.05) is 17.7 Å². The first-order chi connectivity index (χ1) is 10.8. The number of hydrogen-bond donors (Lipinski definition) is 1. The second-order valence-electron chi connectivity index (χ2n) is 6.51. The molecule has 0 amide bonds. The molecular formula is C18H27NO2S. The van der Waals surface area contributed by atoms with Gasteiger partial charge in [-0.1, -0.05) is 25.3 Å². The normalized spacial score (nSPS) is 24.2. The Balaban J connectivity index is 1.87. The quantitative estimate of drug-likeness (QED) is 0.897. The molecule has 1 aliphatic carbocycles. The average Bonchev–Trinajstić information content (AvgIpc) is 3.08. The second kappa shape index (κ2) is 7.14. The van der Waals surface area contributed by atoms with Gasteiger partial charge in [0.15, 0.2) is 11.5 Å². The van der Waals surface area contributed by atoms with Crippen LogP contribution in [0.25, 0.3) is 0 Å². The van der Waals surface area contributed by atoms with E-state index in [1.165, 1.54) is 43.4 Å². The molecule has 0 bridgehead atoms. The van der Waals surface area contributed by atoms with Crippen molar-refractivity contribution in [1.29, 1.82) is 0 Å². The fourth-order valence-corrected chi connectivity index (χ4v) is 4.82. The number of benzene rings is 1. The van der Waals surface area contributed by atoms with Crippen molar-refractivity contribution >= 4 is 11.8 Å². The molecule has 22 heavy (non-hydrogen) atoms. The Hall–Kier alpha value is -0.870. The monoisotopic (exact) mass is 321 g/mol. The Morgan fingerprint density at radius 1 is 1.23 bits per heavy atom. The first kappa shape index (κ1) is 16.0. The zero-order valence-corrected chi connectivity index (χ0v) is 14.3. The zero-order valence-electron chi connectivity index (χ0n) is 13.5. The lowest BCUT2D eigenvalue weighted by Crippen LogP contribution is -2.37. The van der Waals surface area contributed by atoms with Crippen LogP contribution in [0.1, 0.15) is 44.1 Å². The summed E-state index contributed by atoms with van der Waals surface area (Å²) in [5.41, 5.74) is 7.64. The van der Waals surface area contributed by atoms with Crippen molar-refractivity contribution in [3.05, 3.63) is 23.8 Å². The molecule has 1 saturated carbocycles. The van der Waals surface area contributed by atoms with Gasteiger partial charge in [0.05, 0.1) is 7.11 Å². The molecule has 3 nitrogen and oxygen atoms in total. The number of ether oxygens (including phenoxy) is 2. The van der Waals surface area contributed by atoms with Crippen LogP contribution in [0, 0.1) is 0 Å². The highest BCUT2D eigenvalue weighted by molar-refractivity contribution is 7.99. The van der Waals surface area contributed by atoms with Crippen molar-refractivity contribution in [3.63, 3.8) is 0 Å². The van der Waals surface area contributed by atoms with Crippen LogP contribution < -0.4 is 15.2 Å². The van der Waals surface area contributed by atoms with Crippen LogP contribution in [-0.2, 0) is 5.41 Å². The maximum absolute atomic E-state index is 6.23. The van der Waals surface area contributed by atoms with Crippen LogP contribution in [0.15, 0.2) is 18.2 Å². The van der Waals surface area contributed by atoms with Gasteiger partial charge in [0.1, 0.15) is 6.10 Å². The zero-order chi connectivity index (χ0) is 15.4. The van der Waals surface area contributed by atoms with Crippen molar-refractivity contribution in [2.45, 2.75) is 50.0 Å². The summed E-state index contributed by atoms with van der Waals surface area (Å²) in [5, 5.41) is 0. The van der Waals surface area contributed by atoms with Crippen LogP contribution in [-0.4, -0.2) is 31.3 Å². The predicted molar refractivity (Wildman–Crippen MR) is 93.2 cm³/mol. The number of thioether (sulfide) groups is 1. The van der Waals surface area contributed by atoms with Crippen molar-refractivity contribution in [1.82, 2.24) is 0 Å². The molecule has 4 heteroatoms. The highest BCUT2D eigenvalue weighted by Gasteiger charge is 2.33. The molecule has 1 unspecified atom stereocenters. The van der Waals surface area contributed by atoms with Gasteiger partial charge in [-0.25, -0.2) is 0 Å². The van der Waals surface area contributed by atoms with Gasteiger partial charge < -0.3 is 15.2 Å². The van der Waals surface area contributed by atoms with Crippen LogP contribution >= 0.6 is 11.8 Å². The molecule has 2 N–H and O–H groups in total. The lowest BCUT2D eigenvalue weighted by molar-refractivity contribution is 0.217.